The molecule has 6 heteroatoms. The quantitative estimate of drug-likeness (QED) is 0.690. The van der Waals surface area contributed by atoms with E-state index in [0.717, 1.165) is 10.7 Å². The molecule has 0 aliphatic heterocycles. The van der Waals surface area contributed by atoms with Crippen molar-refractivity contribution in [3.8, 4) is 6.07 Å². The predicted molar refractivity (Wildman–Crippen MR) is 50.1 cm³/mol. The second-order valence-corrected chi connectivity index (χ2v) is 4.54. The first-order valence-electron chi connectivity index (χ1n) is 4.08. The lowest BCUT2D eigenvalue weighted by atomic mass is 10.4. The monoisotopic (exact) mass is 205 g/mol. The lowest BCUT2D eigenvalue weighted by Gasteiger charge is -2.18. The second kappa shape index (κ2) is 5.17. The third-order valence-electron chi connectivity index (χ3n) is 1.65. The van der Waals surface area contributed by atoms with Gasteiger partial charge in [0, 0.05) is 13.6 Å². The van der Waals surface area contributed by atoms with Crippen molar-refractivity contribution in [2.75, 3.05) is 13.6 Å². The first kappa shape index (κ1) is 12.4. The van der Waals surface area contributed by atoms with Gasteiger partial charge >= 0.3 is 0 Å². The average Bonchev–Trinajstić information content (AvgIpc) is 2.12. The number of nitriles is 1. The van der Waals surface area contributed by atoms with Gasteiger partial charge in [-0.25, -0.2) is 4.72 Å². The maximum absolute atomic E-state index is 11.4. The Morgan fingerprint density at radius 2 is 2.15 bits per heavy atom. The number of nitrogens with zero attached hydrogens (tertiary/aromatic N) is 2. The molecule has 0 saturated heterocycles. The minimum atomic E-state index is -3.47. The lowest BCUT2D eigenvalue weighted by Crippen LogP contribution is -2.42. The third kappa shape index (κ3) is 3.72. The van der Waals surface area contributed by atoms with Crippen molar-refractivity contribution >= 4 is 10.2 Å². The van der Waals surface area contributed by atoms with Crippen molar-refractivity contribution in [1.29, 1.82) is 5.26 Å². The number of rotatable bonds is 5. The summed E-state index contributed by atoms with van der Waals surface area (Å²) in [5.41, 5.74) is 0. The third-order valence-corrected chi connectivity index (χ3v) is 3.29. The standard InChI is InChI=1S/C7H15N3O2S/c1-4-5-9-13(11,12)10(3)7(2)6-8/h7,9H,4-5H2,1-3H3. The fraction of sp³-hybridized carbons (Fsp3) is 0.857. The van der Waals surface area contributed by atoms with Crippen molar-refractivity contribution in [2.45, 2.75) is 26.3 Å². The van der Waals surface area contributed by atoms with Crippen LogP contribution < -0.4 is 4.72 Å². The van der Waals surface area contributed by atoms with E-state index in [0.29, 0.717) is 6.54 Å². The van der Waals surface area contributed by atoms with Gasteiger partial charge in [-0.15, -0.1) is 0 Å². The van der Waals surface area contributed by atoms with E-state index in [4.69, 9.17) is 5.26 Å². The van der Waals surface area contributed by atoms with Crippen LogP contribution in [0.5, 0.6) is 0 Å². The van der Waals surface area contributed by atoms with E-state index in [2.05, 4.69) is 4.72 Å². The summed E-state index contributed by atoms with van der Waals surface area (Å²) in [5.74, 6) is 0. The van der Waals surface area contributed by atoms with Crippen LogP contribution in [0.2, 0.25) is 0 Å². The summed E-state index contributed by atoms with van der Waals surface area (Å²) in [7, 11) is -2.09. The van der Waals surface area contributed by atoms with Gasteiger partial charge in [-0.2, -0.15) is 18.0 Å². The zero-order chi connectivity index (χ0) is 10.5. The Morgan fingerprint density at radius 1 is 1.62 bits per heavy atom. The van der Waals surface area contributed by atoms with Crippen LogP contribution in [0.1, 0.15) is 20.3 Å². The summed E-state index contributed by atoms with van der Waals surface area (Å²) in [4.78, 5) is 0. The lowest BCUT2D eigenvalue weighted by molar-refractivity contribution is 0.432. The highest BCUT2D eigenvalue weighted by molar-refractivity contribution is 7.87. The van der Waals surface area contributed by atoms with Crippen LogP contribution in [-0.2, 0) is 10.2 Å². The Labute approximate surface area is 79.5 Å². The summed E-state index contributed by atoms with van der Waals surface area (Å²) >= 11 is 0. The molecular weight excluding hydrogens is 190 g/mol. The van der Waals surface area contributed by atoms with Crippen molar-refractivity contribution < 1.29 is 8.42 Å². The van der Waals surface area contributed by atoms with E-state index in [1.54, 1.807) is 0 Å². The van der Waals surface area contributed by atoms with Gasteiger partial charge in [0.2, 0.25) is 0 Å². The molecule has 1 unspecified atom stereocenters. The normalized spacial score (nSPS) is 14.1. The molecule has 13 heavy (non-hydrogen) atoms. The van der Waals surface area contributed by atoms with Gasteiger partial charge in [0.1, 0.15) is 6.04 Å². The molecule has 76 valence electrons. The molecule has 0 radical (unpaired) electrons. The van der Waals surface area contributed by atoms with E-state index >= 15 is 0 Å². The van der Waals surface area contributed by atoms with E-state index in [-0.39, 0.29) is 0 Å². The Kier molecular flexibility index (Phi) is 4.91. The zero-order valence-corrected chi connectivity index (χ0v) is 8.93. The topological polar surface area (TPSA) is 73.2 Å². The molecule has 0 fully saturated rings. The number of nitrogens with one attached hydrogen (secondary N) is 1. The molecule has 0 saturated carbocycles. The van der Waals surface area contributed by atoms with Gasteiger partial charge in [-0.05, 0) is 13.3 Å². The summed E-state index contributed by atoms with van der Waals surface area (Å²) in [6.45, 7) is 3.80. The van der Waals surface area contributed by atoms with Crippen LogP contribution in [0.25, 0.3) is 0 Å². The summed E-state index contributed by atoms with van der Waals surface area (Å²) in [6, 6.07) is 1.21. The van der Waals surface area contributed by atoms with Gasteiger partial charge in [0.15, 0.2) is 0 Å². The molecule has 0 bridgehead atoms. The molecule has 0 aromatic heterocycles. The van der Waals surface area contributed by atoms with Crippen LogP contribution in [0.15, 0.2) is 0 Å². The molecule has 0 aromatic rings. The van der Waals surface area contributed by atoms with Gasteiger partial charge < -0.3 is 0 Å². The number of hydrogen-bond acceptors (Lipinski definition) is 3. The van der Waals surface area contributed by atoms with Crippen LogP contribution in [0.3, 0.4) is 0 Å². The highest BCUT2D eigenvalue weighted by Gasteiger charge is 2.21. The van der Waals surface area contributed by atoms with Crippen LogP contribution >= 0.6 is 0 Å². The molecule has 0 aromatic carbocycles. The first-order valence-corrected chi connectivity index (χ1v) is 5.52. The molecule has 1 N–H and O–H groups in total. The van der Waals surface area contributed by atoms with Gasteiger partial charge in [-0.1, -0.05) is 6.92 Å². The van der Waals surface area contributed by atoms with Crippen molar-refractivity contribution in [1.82, 2.24) is 9.03 Å². The fourth-order valence-electron chi connectivity index (χ4n) is 0.622. The van der Waals surface area contributed by atoms with Crippen LogP contribution in [0, 0.1) is 11.3 Å². The van der Waals surface area contributed by atoms with Gasteiger partial charge in [0.25, 0.3) is 10.2 Å². The smallest absolute Gasteiger partial charge is 0.202 e. The minimum Gasteiger partial charge on any atom is -0.202 e. The summed E-state index contributed by atoms with van der Waals surface area (Å²) < 4.78 is 26.1. The van der Waals surface area contributed by atoms with E-state index in [9.17, 15) is 8.42 Å². The van der Waals surface area contributed by atoms with Crippen LogP contribution in [-0.4, -0.2) is 32.4 Å². The Morgan fingerprint density at radius 3 is 2.54 bits per heavy atom. The second-order valence-electron chi connectivity index (χ2n) is 2.72. The van der Waals surface area contributed by atoms with E-state index in [1.807, 2.05) is 13.0 Å². The largest absolute Gasteiger partial charge is 0.280 e. The van der Waals surface area contributed by atoms with Gasteiger partial charge in [0.05, 0.1) is 6.07 Å². The molecule has 0 spiro atoms. The summed E-state index contributed by atoms with van der Waals surface area (Å²) in [5, 5.41) is 8.51. The summed E-state index contributed by atoms with van der Waals surface area (Å²) in [6.07, 6.45) is 0.730. The number of hydrogen-bond donors (Lipinski definition) is 1. The molecule has 0 amide bonds. The highest BCUT2D eigenvalue weighted by atomic mass is 32.2. The molecule has 1 atom stereocenters. The SMILES string of the molecule is CCCNS(=O)(=O)N(C)C(C)C#N. The predicted octanol–water partition coefficient (Wildman–Crippen LogP) is 0.0747. The molecule has 0 aliphatic carbocycles. The average molecular weight is 205 g/mol. The molecule has 0 heterocycles. The molecule has 0 aliphatic rings. The van der Waals surface area contributed by atoms with Gasteiger partial charge in [-0.3, -0.25) is 0 Å². The van der Waals surface area contributed by atoms with Crippen LogP contribution in [0.4, 0.5) is 0 Å². The van der Waals surface area contributed by atoms with E-state index < -0.39 is 16.3 Å². The Balaban J connectivity index is 4.39. The molecule has 5 nitrogen and oxygen atoms in total. The highest BCUT2D eigenvalue weighted by Crippen LogP contribution is 2.00. The molecular formula is C7H15N3O2S. The van der Waals surface area contributed by atoms with Crippen molar-refractivity contribution in [2.24, 2.45) is 0 Å². The maximum atomic E-state index is 11.4. The first-order chi connectivity index (χ1) is 5.95. The van der Waals surface area contributed by atoms with Crippen molar-refractivity contribution in [3.63, 3.8) is 0 Å². The maximum Gasteiger partial charge on any atom is 0.280 e. The Bertz CT molecular complexity index is 281. The minimum absolute atomic E-state index is 0.394. The van der Waals surface area contributed by atoms with Crippen molar-refractivity contribution in [3.05, 3.63) is 0 Å². The van der Waals surface area contributed by atoms with E-state index in [1.165, 1.54) is 14.0 Å². The Hall–Kier alpha value is -0.640. The fourth-order valence-corrected chi connectivity index (χ4v) is 1.75. The molecule has 0 rings (SSSR count). The zero-order valence-electron chi connectivity index (χ0n) is 8.11.